The van der Waals surface area contributed by atoms with E-state index in [1.54, 1.807) is 38.4 Å². The van der Waals surface area contributed by atoms with Crippen molar-refractivity contribution in [3.05, 3.63) is 45.2 Å². The smallest absolute Gasteiger partial charge is 0.321 e. The first kappa shape index (κ1) is 18.4. The van der Waals surface area contributed by atoms with Crippen molar-refractivity contribution in [2.45, 2.75) is 6.61 Å². The number of hydrogen-bond acceptors (Lipinski definition) is 4. The SMILES string of the molecule is CN(C)C(=O)Nc1ccc(OCc2nc(Cl)c(Cl)c(N)c2Cl)cc1. The quantitative estimate of drug-likeness (QED) is 0.764. The molecule has 6 nitrogen and oxygen atoms in total. The van der Waals surface area contributed by atoms with Crippen molar-refractivity contribution in [2.75, 3.05) is 25.1 Å². The summed E-state index contributed by atoms with van der Waals surface area (Å²) in [5.74, 6) is 0.570. The zero-order valence-electron chi connectivity index (χ0n) is 12.9. The van der Waals surface area contributed by atoms with E-state index >= 15 is 0 Å². The molecule has 0 saturated carbocycles. The number of ether oxygens (including phenoxy) is 1. The van der Waals surface area contributed by atoms with E-state index in [2.05, 4.69) is 10.3 Å². The second-order valence-electron chi connectivity index (χ2n) is 5.03. The number of carbonyl (C=O) groups excluding carboxylic acids is 1. The molecule has 0 atom stereocenters. The molecule has 1 heterocycles. The highest BCUT2D eigenvalue weighted by Gasteiger charge is 2.14. The lowest BCUT2D eigenvalue weighted by Gasteiger charge is -2.13. The first-order valence-electron chi connectivity index (χ1n) is 6.79. The van der Waals surface area contributed by atoms with Crippen molar-refractivity contribution in [3.63, 3.8) is 0 Å². The van der Waals surface area contributed by atoms with Crippen LogP contribution in [-0.4, -0.2) is 30.0 Å². The molecule has 2 amide bonds. The van der Waals surface area contributed by atoms with Crippen LogP contribution in [0.25, 0.3) is 0 Å². The van der Waals surface area contributed by atoms with E-state index in [0.29, 0.717) is 17.1 Å². The molecule has 0 bridgehead atoms. The van der Waals surface area contributed by atoms with Crippen LogP contribution in [0.15, 0.2) is 24.3 Å². The number of amides is 2. The van der Waals surface area contributed by atoms with Gasteiger partial charge in [-0.25, -0.2) is 9.78 Å². The Morgan fingerprint density at radius 3 is 2.42 bits per heavy atom. The van der Waals surface area contributed by atoms with Crippen LogP contribution in [0.4, 0.5) is 16.2 Å². The molecule has 0 aliphatic heterocycles. The van der Waals surface area contributed by atoms with Crippen LogP contribution < -0.4 is 15.8 Å². The fraction of sp³-hybridized carbons (Fsp3) is 0.200. The molecular weight excluding hydrogens is 375 g/mol. The molecule has 0 unspecified atom stereocenters. The number of hydrogen-bond donors (Lipinski definition) is 2. The fourth-order valence-electron chi connectivity index (χ4n) is 1.70. The van der Waals surface area contributed by atoms with Gasteiger partial charge < -0.3 is 20.7 Å². The summed E-state index contributed by atoms with van der Waals surface area (Å²) in [5.41, 5.74) is 6.95. The Kier molecular flexibility index (Phi) is 5.99. The molecule has 24 heavy (non-hydrogen) atoms. The minimum Gasteiger partial charge on any atom is -0.487 e. The second kappa shape index (κ2) is 7.79. The van der Waals surface area contributed by atoms with Crippen LogP contribution in [0.5, 0.6) is 5.75 Å². The normalized spacial score (nSPS) is 10.4. The Labute approximate surface area is 154 Å². The maximum absolute atomic E-state index is 11.6. The number of aromatic nitrogens is 1. The summed E-state index contributed by atoms with van der Waals surface area (Å²) in [7, 11) is 3.32. The Balaban J connectivity index is 2.04. The number of urea groups is 1. The molecule has 0 radical (unpaired) electrons. The number of rotatable bonds is 4. The molecule has 0 fully saturated rings. The summed E-state index contributed by atoms with van der Waals surface area (Å²) >= 11 is 17.8. The van der Waals surface area contributed by atoms with Gasteiger partial charge in [-0.1, -0.05) is 34.8 Å². The van der Waals surface area contributed by atoms with Crippen LogP contribution in [0.1, 0.15) is 5.69 Å². The zero-order chi connectivity index (χ0) is 17.9. The predicted molar refractivity (Wildman–Crippen MR) is 97.2 cm³/mol. The second-order valence-corrected chi connectivity index (χ2v) is 6.14. The van der Waals surface area contributed by atoms with Gasteiger partial charge in [-0.2, -0.15) is 0 Å². The van der Waals surface area contributed by atoms with Crippen molar-refractivity contribution in [1.82, 2.24) is 9.88 Å². The van der Waals surface area contributed by atoms with Crippen molar-refractivity contribution in [2.24, 2.45) is 0 Å². The number of halogens is 3. The highest BCUT2D eigenvalue weighted by atomic mass is 35.5. The van der Waals surface area contributed by atoms with E-state index in [1.165, 1.54) is 4.90 Å². The Bertz CT molecular complexity index is 751. The number of anilines is 2. The van der Waals surface area contributed by atoms with Gasteiger partial charge >= 0.3 is 6.03 Å². The van der Waals surface area contributed by atoms with Crippen LogP contribution in [-0.2, 0) is 6.61 Å². The molecule has 2 aromatic rings. The van der Waals surface area contributed by atoms with Gasteiger partial charge in [-0.05, 0) is 24.3 Å². The maximum atomic E-state index is 11.6. The molecule has 2 rings (SSSR count). The number of pyridine rings is 1. The molecular formula is C15H15Cl3N4O2. The van der Waals surface area contributed by atoms with Crippen molar-refractivity contribution < 1.29 is 9.53 Å². The molecule has 9 heteroatoms. The van der Waals surface area contributed by atoms with E-state index < -0.39 is 0 Å². The summed E-state index contributed by atoms with van der Waals surface area (Å²) in [5, 5.41) is 3.12. The average Bonchev–Trinajstić information content (AvgIpc) is 2.56. The van der Waals surface area contributed by atoms with Crippen LogP contribution in [0.3, 0.4) is 0 Å². The number of benzene rings is 1. The summed E-state index contributed by atoms with van der Waals surface area (Å²) in [6, 6.07) is 6.63. The number of carbonyl (C=O) groups is 1. The fourth-order valence-corrected chi connectivity index (χ4v) is 2.28. The van der Waals surface area contributed by atoms with E-state index in [-0.39, 0.29) is 33.5 Å². The first-order valence-corrected chi connectivity index (χ1v) is 7.93. The maximum Gasteiger partial charge on any atom is 0.321 e. The Hall–Kier alpha value is -1.89. The lowest BCUT2D eigenvalue weighted by atomic mass is 10.3. The van der Waals surface area contributed by atoms with Gasteiger partial charge in [0.05, 0.1) is 10.7 Å². The molecule has 1 aromatic carbocycles. The topological polar surface area (TPSA) is 80.5 Å². The largest absolute Gasteiger partial charge is 0.487 e. The molecule has 0 spiro atoms. The molecule has 1 aromatic heterocycles. The van der Waals surface area contributed by atoms with Gasteiger partial charge in [0.15, 0.2) is 0 Å². The number of nitrogen functional groups attached to an aromatic ring is 1. The summed E-state index contributed by atoms with van der Waals surface area (Å²) in [6.45, 7) is 0.0727. The molecule has 3 N–H and O–H groups in total. The summed E-state index contributed by atoms with van der Waals surface area (Å²) < 4.78 is 5.60. The molecule has 0 saturated heterocycles. The van der Waals surface area contributed by atoms with Gasteiger partial charge in [-0.15, -0.1) is 0 Å². The number of nitrogens with zero attached hydrogens (tertiary/aromatic N) is 2. The minimum atomic E-state index is -0.217. The third-order valence-corrected chi connectivity index (χ3v) is 4.20. The van der Waals surface area contributed by atoms with Gasteiger partial charge in [0.25, 0.3) is 0 Å². The molecule has 128 valence electrons. The highest BCUT2D eigenvalue weighted by molar-refractivity contribution is 6.45. The van der Waals surface area contributed by atoms with E-state index in [1.807, 2.05) is 0 Å². The number of nitrogens with one attached hydrogen (secondary N) is 1. The van der Waals surface area contributed by atoms with Gasteiger partial charge in [0.2, 0.25) is 0 Å². The minimum absolute atomic E-state index is 0.0684. The molecule has 0 aliphatic rings. The average molecular weight is 390 g/mol. The van der Waals surface area contributed by atoms with Crippen molar-refractivity contribution in [1.29, 1.82) is 0 Å². The Morgan fingerprint density at radius 1 is 1.21 bits per heavy atom. The standard InChI is InChI=1S/C15H15Cl3N4O2/c1-22(2)15(23)20-8-3-5-9(6-4-8)24-7-10-11(16)13(19)12(17)14(18)21-10/h3-6H,7H2,1-2H3,(H2,19,21)(H,20,23). The van der Waals surface area contributed by atoms with Crippen LogP contribution in [0, 0.1) is 0 Å². The van der Waals surface area contributed by atoms with Crippen LogP contribution in [0.2, 0.25) is 15.2 Å². The highest BCUT2D eigenvalue weighted by Crippen LogP contribution is 2.34. The summed E-state index contributed by atoms with van der Waals surface area (Å²) in [6.07, 6.45) is 0. The van der Waals surface area contributed by atoms with Crippen LogP contribution >= 0.6 is 34.8 Å². The predicted octanol–water partition coefficient (Wildman–Crippen LogP) is 4.30. The van der Waals surface area contributed by atoms with Gasteiger partial charge in [0.1, 0.15) is 28.2 Å². The monoisotopic (exact) mass is 388 g/mol. The van der Waals surface area contributed by atoms with E-state index in [9.17, 15) is 4.79 Å². The first-order chi connectivity index (χ1) is 11.3. The Morgan fingerprint density at radius 2 is 1.83 bits per heavy atom. The van der Waals surface area contributed by atoms with Gasteiger partial charge in [0, 0.05) is 19.8 Å². The van der Waals surface area contributed by atoms with Crippen molar-refractivity contribution >= 4 is 52.2 Å². The van der Waals surface area contributed by atoms with Gasteiger partial charge in [-0.3, -0.25) is 0 Å². The number of nitrogens with two attached hydrogens (primary N) is 1. The third-order valence-electron chi connectivity index (χ3n) is 3.03. The third kappa shape index (κ3) is 4.35. The lowest BCUT2D eigenvalue weighted by molar-refractivity contribution is 0.230. The summed E-state index contributed by atoms with van der Waals surface area (Å²) in [4.78, 5) is 17.1. The lowest BCUT2D eigenvalue weighted by Crippen LogP contribution is -2.27. The van der Waals surface area contributed by atoms with E-state index in [0.717, 1.165) is 0 Å². The molecule has 0 aliphatic carbocycles. The van der Waals surface area contributed by atoms with Crippen molar-refractivity contribution in [3.8, 4) is 5.75 Å². The van der Waals surface area contributed by atoms with E-state index in [4.69, 9.17) is 45.3 Å². The zero-order valence-corrected chi connectivity index (χ0v) is 15.2.